The van der Waals surface area contributed by atoms with Crippen LogP contribution in [-0.2, 0) is 4.74 Å². The number of rotatable bonds is 2. The Morgan fingerprint density at radius 3 is 2.39 bits per heavy atom. The Morgan fingerprint density at radius 2 is 1.87 bits per heavy atom. The maximum absolute atomic E-state index is 12.2. The molecule has 3 atom stereocenters. The van der Waals surface area contributed by atoms with Gasteiger partial charge in [0.05, 0.1) is 0 Å². The molecule has 1 saturated carbocycles. The van der Waals surface area contributed by atoms with Crippen LogP contribution in [0.15, 0.2) is 12.1 Å². The highest BCUT2D eigenvalue weighted by Gasteiger charge is 2.44. The number of hydrogen-bond donors (Lipinski definition) is 0. The van der Waals surface area contributed by atoms with Crippen molar-refractivity contribution in [2.24, 2.45) is 11.8 Å². The molecule has 2 aliphatic rings. The van der Waals surface area contributed by atoms with Crippen molar-refractivity contribution in [1.29, 1.82) is 0 Å². The summed E-state index contributed by atoms with van der Waals surface area (Å²) in [7, 11) is 0. The summed E-state index contributed by atoms with van der Waals surface area (Å²) in [4.78, 5) is 14.0. The molecule has 3 rings (SSSR count). The number of halogens is 1. The summed E-state index contributed by atoms with van der Waals surface area (Å²) >= 11 is 2.12. The van der Waals surface area contributed by atoms with E-state index in [1.807, 2.05) is 37.8 Å². The van der Waals surface area contributed by atoms with Gasteiger partial charge in [0, 0.05) is 19.2 Å². The average molecular weight is 431 g/mol. The van der Waals surface area contributed by atoms with Crippen molar-refractivity contribution >= 4 is 28.7 Å². The highest BCUT2D eigenvalue weighted by atomic mass is 127. The van der Waals surface area contributed by atoms with Gasteiger partial charge in [0.1, 0.15) is 15.4 Å². The first-order valence-corrected chi connectivity index (χ1v) is 9.02. The second-order valence-electron chi connectivity index (χ2n) is 7.31. The molecule has 1 aromatic rings. The van der Waals surface area contributed by atoms with Crippen LogP contribution in [-0.4, -0.2) is 46.0 Å². The lowest BCUT2D eigenvalue weighted by Crippen LogP contribution is -2.36. The molecule has 2 heterocycles. The fourth-order valence-electron chi connectivity index (χ4n) is 3.35. The summed E-state index contributed by atoms with van der Waals surface area (Å²) in [6.07, 6.45) is 1.88. The van der Waals surface area contributed by atoms with E-state index in [1.165, 1.54) is 0 Å². The molecule has 1 aliphatic carbocycles. The largest absolute Gasteiger partial charge is 0.473 e. The van der Waals surface area contributed by atoms with Crippen LogP contribution < -0.4 is 4.74 Å². The maximum atomic E-state index is 12.2. The molecule has 0 spiro atoms. The van der Waals surface area contributed by atoms with Crippen molar-refractivity contribution in [3.05, 3.63) is 15.8 Å². The number of nitrogens with zero attached hydrogens (tertiary/aromatic N) is 3. The highest BCUT2D eigenvalue weighted by molar-refractivity contribution is 14.1. The van der Waals surface area contributed by atoms with Crippen LogP contribution in [0.4, 0.5) is 4.79 Å². The first-order chi connectivity index (χ1) is 10.8. The summed E-state index contributed by atoms with van der Waals surface area (Å²) < 4.78 is 12.2. The van der Waals surface area contributed by atoms with E-state index < -0.39 is 5.60 Å². The van der Waals surface area contributed by atoms with Crippen molar-refractivity contribution in [3.8, 4) is 5.88 Å². The number of ether oxygens (including phenoxy) is 2. The predicted molar refractivity (Wildman–Crippen MR) is 93.2 cm³/mol. The molecule has 1 amide bonds. The third kappa shape index (κ3) is 4.24. The van der Waals surface area contributed by atoms with Crippen LogP contribution in [0, 0.1) is 15.5 Å². The second-order valence-corrected chi connectivity index (χ2v) is 8.42. The van der Waals surface area contributed by atoms with Gasteiger partial charge in [0.25, 0.3) is 0 Å². The normalized spacial score (nSPS) is 27.0. The quantitative estimate of drug-likeness (QED) is 0.674. The lowest BCUT2D eigenvalue weighted by molar-refractivity contribution is 0.0271. The Kier molecular flexibility index (Phi) is 4.66. The molecule has 2 fully saturated rings. The van der Waals surface area contributed by atoms with Crippen molar-refractivity contribution in [2.45, 2.75) is 45.3 Å². The van der Waals surface area contributed by atoms with E-state index >= 15 is 0 Å². The molecule has 0 radical (unpaired) electrons. The van der Waals surface area contributed by atoms with Crippen LogP contribution in [0.2, 0.25) is 0 Å². The van der Waals surface area contributed by atoms with Crippen molar-refractivity contribution in [3.63, 3.8) is 0 Å². The van der Waals surface area contributed by atoms with Crippen LogP contribution in [0.25, 0.3) is 0 Å². The van der Waals surface area contributed by atoms with E-state index in [9.17, 15) is 4.79 Å². The fourth-order valence-corrected chi connectivity index (χ4v) is 3.64. The third-order valence-electron chi connectivity index (χ3n) is 4.25. The van der Waals surface area contributed by atoms with E-state index in [1.54, 1.807) is 0 Å². The number of likely N-dealkylation sites (tertiary alicyclic amines) is 1. The minimum absolute atomic E-state index is 0.167. The average Bonchev–Trinajstić information content (AvgIpc) is 2.97. The highest BCUT2D eigenvalue weighted by Crippen LogP contribution is 2.39. The van der Waals surface area contributed by atoms with Crippen LogP contribution in [0.5, 0.6) is 5.88 Å². The number of amides is 1. The van der Waals surface area contributed by atoms with E-state index in [2.05, 4.69) is 32.8 Å². The minimum atomic E-state index is -0.441. The zero-order valence-corrected chi connectivity index (χ0v) is 15.8. The molecule has 23 heavy (non-hydrogen) atoms. The number of carbonyl (C=O) groups is 1. The van der Waals surface area contributed by atoms with Gasteiger partial charge in [-0.1, -0.05) is 0 Å². The zero-order valence-electron chi connectivity index (χ0n) is 13.7. The van der Waals surface area contributed by atoms with E-state index in [0.29, 0.717) is 17.7 Å². The molecule has 1 unspecified atom stereocenters. The molecular weight excluding hydrogens is 409 g/mol. The molecule has 1 aromatic heterocycles. The standard InChI is InChI=1S/C16H22IN3O3/c1-16(2,3)23-15(21)20-8-10-6-12(7-11(10)9-20)22-14-5-4-13(17)18-19-14/h4-5,10-12H,6-9H2,1-3H3/t10-,11?,12+/m1/s1. The SMILES string of the molecule is CC(C)(C)OC(=O)N1CC2C[C@@H](Oc3ccc(I)nn3)C[C@@H]2C1. The summed E-state index contributed by atoms with van der Waals surface area (Å²) in [5, 5.41) is 8.06. The summed E-state index contributed by atoms with van der Waals surface area (Å²) in [6.45, 7) is 7.21. The first kappa shape index (κ1) is 16.7. The lowest BCUT2D eigenvalue weighted by atomic mass is 10.0. The van der Waals surface area contributed by atoms with Gasteiger partial charge in [-0.05, 0) is 74.1 Å². The van der Waals surface area contributed by atoms with Gasteiger partial charge < -0.3 is 14.4 Å². The minimum Gasteiger partial charge on any atom is -0.473 e. The van der Waals surface area contributed by atoms with Gasteiger partial charge in [0.2, 0.25) is 5.88 Å². The van der Waals surface area contributed by atoms with Crippen molar-refractivity contribution < 1.29 is 14.3 Å². The zero-order chi connectivity index (χ0) is 16.6. The van der Waals surface area contributed by atoms with Gasteiger partial charge in [-0.25, -0.2) is 4.79 Å². The molecule has 0 N–H and O–H groups in total. The Balaban J connectivity index is 1.51. The molecule has 126 valence electrons. The predicted octanol–water partition coefficient (Wildman–Crippen LogP) is 3.11. The third-order valence-corrected chi connectivity index (χ3v) is 4.83. The Labute approximate surface area is 150 Å². The molecule has 0 aromatic carbocycles. The van der Waals surface area contributed by atoms with Crippen LogP contribution >= 0.6 is 22.6 Å². The maximum Gasteiger partial charge on any atom is 0.410 e. The van der Waals surface area contributed by atoms with E-state index in [4.69, 9.17) is 9.47 Å². The molecular formula is C16H22IN3O3. The van der Waals surface area contributed by atoms with Crippen LogP contribution in [0.3, 0.4) is 0 Å². The number of hydrogen-bond acceptors (Lipinski definition) is 5. The Bertz CT molecular complexity index is 559. The molecule has 1 aliphatic heterocycles. The van der Waals surface area contributed by atoms with Gasteiger partial charge in [-0.3, -0.25) is 0 Å². The van der Waals surface area contributed by atoms with Crippen LogP contribution in [0.1, 0.15) is 33.6 Å². The number of carbonyl (C=O) groups excluding carboxylic acids is 1. The second kappa shape index (κ2) is 6.41. The Hall–Kier alpha value is -1.12. The van der Waals surface area contributed by atoms with E-state index in [0.717, 1.165) is 29.6 Å². The molecule has 0 bridgehead atoms. The summed E-state index contributed by atoms with van der Waals surface area (Å²) in [5.41, 5.74) is -0.441. The van der Waals surface area contributed by atoms with Crippen molar-refractivity contribution in [1.82, 2.24) is 15.1 Å². The van der Waals surface area contributed by atoms with Gasteiger partial charge in [-0.2, -0.15) is 0 Å². The molecule has 7 heteroatoms. The molecule has 6 nitrogen and oxygen atoms in total. The van der Waals surface area contributed by atoms with Gasteiger partial charge >= 0.3 is 6.09 Å². The fraction of sp³-hybridized carbons (Fsp3) is 0.688. The van der Waals surface area contributed by atoms with Crippen molar-refractivity contribution in [2.75, 3.05) is 13.1 Å². The van der Waals surface area contributed by atoms with Gasteiger partial charge in [0.15, 0.2) is 0 Å². The first-order valence-electron chi connectivity index (χ1n) is 7.94. The monoisotopic (exact) mass is 431 g/mol. The smallest absolute Gasteiger partial charge is 0.410 e. The summed E-state index contributed by atoms with van der Waals surface area (Å²) in [6, 6.07) is 3.75. The Morgan fingerprint density at radius 1 is 1.22 bits per heavy atom. The number of fused-ring (bicyclic) bond motifs is 1. The lowest BCUT2D eigenvalue weighted by Gasteiger charge is -2.25. The summed E-state index contributed by atoms with van der Waals surface area (Å²) in [5.74, 6) is 1.56. The number of aromatic nitrogens is 2. The van der Waals surface area contributed by atoms with Gasteiger partial charge in [-0.15, -0.1) is 10.2 Å². The topological polar surface area (TPSA) is 64.5 Å². The van der Waals surface area contributed by atoms with E-state index in [-0.39, 0.29) is 12.2 Å². The molecule has 1 saturated heterocycles.